The minimum absolute atomic E-state index is 0.613. The lowest BCUT2D eigenvalue weighted by Crippen LogP contribution is -2.52. The summed E-state index contributed by atoms with van der Waals surface area (Å²) in [6.45, 7) is 2.71. The zero-order chi connectivity index (χ0) is 8.48. The average Bonchev–Trinajstić information content (AvgIpc) is 1.95. The Bertz CT molecular complexity index is 169. The molecule has 3 nitrogen and oxygen atoms in total. The van der Waals surface area contributed by atoms with Gasteiger partial charge in [-0.15, -0.1) is 0 Å². The summed E-state index contributed by atoms with van der Waals surface area (Å²) >= 11 is 0. The molecule has 1 saturated heterocycles. The maximum absolute atomic E-state index is 10.8. The molecule has 0 amide bonds. The molecule has 1 aliphatic rings. The number of carboxylic acid groups (broad SMARTS) is 1. The second kappa shape index (κ2) is 2.81. The molecule has 1 heterocycles. The number of carboxylic acids is 1. The normalized spacial score (nSPS) is 33.6. The van der Waals surface area contributed by atoms with E-state index in [0.717, 1.165) is 25.8 Å². The van der Waals surface area contributed by atoms with E-state index in [4.69, 9.17) is 5.11 Å². The molecule has 11 heavy (non-hydrogen) atoms. The van der Waals surface area contributed by atoms with E-state index in [-0.39, 0.29) is 0 Å². The largest absolute Gasteiger partial charge is 0.480 e. The minimum Gasteiger partial charge on any atom is -0.480 e. The number of rotatable bonds is 1. The maximum atomic E-state index is 10.8. The van der Waals surface area contributed by atoms with Crippen LogP contribution < -0.4 is 0 Å². The molecule has 0 aromatic carbocycles. The second-order valence-electron chi connectivity index (χ2n) is 3.46. The fourth-order valence-electron chi connectivity index (χ4n) is 1.53. The lowest BCUT2D eigenvalue weighted by Gasteiger charge is -2.38. The SMILES string of the molecule is CN1CCCCC1(C)C(=O)O. The summed E-state index contributed by atoms with van der Waals surface area (Å²) in [4.78, 5) is 12.8. The molecule has 1 fully saturated rings. The third kappa shape index (κ3) is 1.38. The highest BCUT2D eigenvalue weighted by atomic mass is 16.4. The standard InChI is InChI=1S/C8H15NO2/c1-8(7(10)11)5-3-4-6-9(8)2/h3-6H2,1-2H3,(H,10,11). The van der Waals surface area contributed by atoms with Crippen molar-refractivity contribution in [1.82, 2.24) is 4.90 Å². The van der Waals surface area contributed by atoms with E-state index in [1.165, 1.54) is 0 Å². The Morgan fingerprint density at radius 3 is 2.55 bits per heavy atom. The number of nitrogens with zero attached hydrogens (tertiary/aromatic N) is 1. The molecule has 0 aliphatic carbocycles. The first kappa shape index (κ1) is 8.53. The maximum Gasteiger partial charge on any atom is 0.323 e. The van der Waals surface area contributed by atoms with Crippen LogP contribution in [0.1, 0.15) is 26.2 Å². The van der Waals surface area contributed by atoms with E-state index in [0.29, 0.717) is 0 Å². The summed E-state index contributed by atoms with van der Waals surface area (Å²) in [5, 5.41) is 8.93. The smallest absolute Gasteiger partial charge is 0.323 e. The molecular weight excluding hydrogens is 142 g/mol. The van der Waals surface area contributed by atoms with Crippen molar-refractivity contribution >= 4 is 5.97 Å². The molecule has 0 aromatic heterocycles. The van der Waals surface area contributed by atoms with Crippen LogP contribution in [-0.4, -0.2) is 35.1 Å². The molecule has 0 aromatic rings. The first-order valence-corrected chi connectivity index (χ1v) is 4.02. The first-order chi connectivity index (χ1) is 5.07. The minimum atomic E-state index is -0.695. The Morgan fingerprint density at radius 2 is 2.18 bits per heavy atom. The Balaban J connectivity index is 2.72. The van der Waals surface area contributed by atoms with Crippen molar-refractivity contribution in [3.63, 3.8) is 0 Å². The van der Waals surface area contributed by atoms with Gasteiger partial charge in [0, 0.05) is 0 Å². The third-order valence-electron chi connectivity index (χ3n) is 2.71. The highest BCUT2D eigenvalue weighted by Crippen LogP contribution is 2.26. The van der Waals surface area contributed by atoms with Gasteiger partial charge in [-0.2, -0.15) is 0 Å². The van der Waals surface area contributed by atoms with Gasteiger partial charge in [-0.1, -0.05) is 0 Å². The Kier molecular flexibility index (Phi) is 2.18. The van der Waals surface area contributed by atoms with Crippen molar-refractivity contribution in [1.29, 1.82) is 0 Å². The monoisotopic (exact) mass is 157 g/mol. The lowest BCUT2D eigenvalue weighted by atomic mass is 9.89. The van der Waals surface area contributed by atoms with Gasteiger partial charge in [-0.05, 0) is 39.8 Å². The van der Waals surface area contributed by atoms with E-state index < -0.39 is 11.5 Å². The highest BCUT2D eigenvalue weighted by Gasteiger charge is 2.38. The molecule has 1 atom stereocenters. The molecule has 1 aliphatic heterocycles. The van der Waals surface area contributed by atoms with Gasteiger partial charge in [0.2, 0.25) is 0 Å². The molecular formula is C8H15NO2. The van der Waals surface area contributed by atoms with Crippen molar-refractivity contribution in [2.45, 2.75) is 31.7 Å². The zero-order valence-corrected chi connectivity index (χ0v) is 7.13. The predicted octanol–water partition coefficient (Wildman–Crippen LogP) is 0.945. The van der Waals surface area contributed by atoms with E-state index in [1.54, 1.807) is 6.92 Å². The van der Waals surface area contributed by atoms with E-state index >= 15 is 0 Å². The van der Waals surface area contributed by atoms with Gasteiger partial charge in [0.05, 0.1) is 0 Å². The van der Waals surface area contributed by atoms with Crippen molar-refractivity contribution < 1.29 is 9.90 Å². The van der Waals surface area contributed by atoms with Crippen molar-refractivity contribution in [2.24, 2.45) is 0 Å². The van der Waals surface area contributed by atoms with Crippen LogP contribution in [0.25, 0.3) is 0 Å². The van der Waals surface area contributed by atoms with Crippen molar-refractivity contribution in [2.75, 3.05) is 13.6 Å². The van der Waals surface area contributed by atoms with Gasteiger partial charge in [-0.3, -0.25) is 9.69 Å². The van der Waals surface area contributed by atoms with E-state index in [2.05, 4.69) is 0 Å². The summed E-state index contributed by atoms with van der Waals surface area (Å²) in [6.07, 6.45) is 2.94. The van der Waals surface area contributed by atoms with Crippen LogP contribution in [0.5, 0.6) is 0 Å². The van der Waals surface area contributed by atoms with Crippen LogP contribution in [0.2, 0.25) is 0 Å². The van der Waals surface area contributed by atoms with Crippen molar-refractivity contribution in [3.8, 4) is 0 Å². The van der Waals surface area contributed by atoms with Gasteiger partial charge < -0.3 is 5.11 Å². The van der Waals surface area contributed by atoms with Gasteiger partial charge in [0.25, 0.3) is 0 Å². The highest BCUT2D eigenvalue weighted by molar-refractivity contribution is 5.78. The van der Waals surface area contributed by atoms with Crippen LogP contribution in [-0.2, 0) is 4.79 Å². The number of likely N-dealkylation sites (tertiary alicyclic amines) is 1. The molecule has 0 spiro atoms. The molecule has 1 N–H and O–H groups in total. The summed E-state index contributed by atoms with van der Waals surface area (Å²) in [5.74, 6) is -0.695. The molecule has 1 rings (SSSR count). The van der Waals surface area contributed by atoms with Gasteiger partial charge in [0.15, 0.2) is 0 Å². The van der Waals surface area contributed by atoms with E-state index in [1.807, 2.05) is 11.9 Å². The lowest BCUT2D eigenvalue weighted by molar-refractivity contribution is -0.151. The topological polar surface area (TPSA) is 40.5 Å². The van der Waals surface area contributed by atoms with Crippen LogP contribution >= 0.6 is 0 Å². The molecule has 0 saturated carbocycles. The van der Waals surface area contributed by atoms with E-state index in [9.17, 15) is 4.79 Å². The zero-order valence-electron chi connectivity index (χ0n) is 7.13. The summed E-state index contributed by atoms with van der Waals surface area (Å²) in [7, 11) is 1.88. The van der Waals surface area contributed by atoms with Gasteiger partial charge in [-0.25, -0.2) is 0 Å². The van der Waals surface area contributed by atoms with Gasteiger partial charge >= 0.3 is 5.97 Å². The van der Waals surface area contributed by atoms with Crippen LogP contribution in [0.4, 0.5) is 0 Å². The predicted molar refractivity (Wildman–Crippen MR) is 42.5 cm³/mol. The molecule has 64 valence electrons. The summed E-state index contributed by atoms with van der Waals surface area (Å²) in [6, 6.07) is 0. The molecule has 0 radical (unpaired) electrons. The number of hydrogen-bond acceptors (Lipinski definition) is 2. The quantitative estimate of drug-likeness (QED) is 0.616. The Hall–Kier alpha value is -0.570. The number of hydrogen-bond donors (Lipinski definition) is 1. The van der Waals surface area contributed by atoms with Gasteiger partial charge in [0.1, 0.15) is 5.54 Å². The molecule has 1 unspecified atom stereocenters. The fourth-order valence-corrected chi connectivity index (χ4v) is 1.53. The first-order valence-electron chi connectivity index (χ1n) is 4.02. The third-order valence-corrected chi connectivity index (χ3v) is 2.71. The van der Waals surface area contributed by atoms with Crippen LogP contribution in [0.3, 0.4) is 0 Å². The van der Waals surface area contributed by atoms with Crippen LogP contribution in [0.15, 0.2) is 0 Å². The van der Waals surface area contributed by atoms with Crippen LogP contribution in [0, 0.1) is 0 Å². The number of carbonyl (C=O) groups is 1. The fraction of sp³-hybridized carbons (Fsp3) is 0.875. The number of piperidine rings is 1. The summed E-state index contributed by atoms with van der Waals surface area (Å²) in [5.41, 5.74) is -0.613. The summed E-state index contributed by atoms with van der Waals surface area (Å²) < 4.78 is 0. The number of aliphatic carboxylic acids is 1. The Morgan fingerprint density at radius 1 is 1.55 bits per heavy atom. The average molecular weight is 157 g/mol. The second-order valence-corrected chi connectivity index (χ2v) is 3.46. The molecule has 0 bridgehead atoms. The molecule has 3 heteroatoms. The van der Waals surface area contributed by atoms with Crippen molar-refractivity contribution in [3.05, 3.63) is 0 Å². The number of likely N-dealkylation sites (N-methyl/N-ethyl adjacent to an activating group) is 1. The Labute approximate surface area is 67.0 Å².